The van der Waals surface area contributed by atoms with Gasteiger partial charge in [-0.25, -0.2) is 0 Å². The SMILES string of the molecule is CC1(C)CCCN(C(=O)C2(CN)CC2)CC1. The molecule has 2 N–H and O–H groups in total. The van der Waals surface area contributed by atoms with Crippen LogP contribution in [0.2, 0.25) is 0 Å². The molecule has 0 aromatic rings. The molecule has 0 aromatic heterocycles. The number of hydrogen-bond acceptors (Lipinski definition) is 2. The van der Waals surface area contributed by atoms with Gasteiger partial charge in [0.05, 0.1) is 5.41 Å². The van der Waals surface area contributed by atoms with Crippen molar-refractivity contribution in [2.45, 2.75) is 46.0 Å². The summed E-state index contributed by atoms with van der Waals surface area (Å²) in [5.74, 6) is 0.327. The standard InChI is InChI=1S/C13H24N2O/c1-12(2)4-3-8-15(9-7-12)11(16)13(10-14)5-6-13/h3-10,14H2,1-2H3. The minimum Gasteiger partial charge on any atom is -0.342 e. The molecule has 3 heteroatoms. The van der Waals surface area contributed by atoms with E-state index in [0.717, 1.165) is 38.8 Å². The van der Waals surface area contributed by atoms with E-state index in [1.54, 1.807) is 0 Å². The van der Waals surface area contributed by atoms with E-state index in [2.05, 4.69) is 18.7 Å². The summed E-state index contributed by atoms with van der Waals surface area (Å²) in [6.45, 7) is 7.00. The highest BCUT2D eigenvalue weighted by Gasteiger charge is 2.50. The Balaban J connectivity index is 1.98. The normalized spacial score (nSPS) is 27.3. The molecule has 1 heterocycles. The highest BCUT2D eigenvalue weighted by molar-refractivity contribution is 5.85. The summed E-state index contributed by atoms with van der Waals surface area (Å²) >= 11 is 0. The van der Waals surface area contributed by atoms with Crippen molar-refractivity contribution in [3.8, 4) is 0 Å². The largest absolute Gasteiger partial charge is 0.342 e. The van der Waals surface area contributed by atoms with E-state index in [1.807, 2.05) is 0 Å². The van der Waals surface area contributed by atoms with E-state index in [1.165, 1.54) is 6.42 Å². The zero-order chi connectivity index (χ0) is 11.8. The third-order valence-corrected chi connectivity index (χ3v) is 4.33. The number of nitrogens with zero attached hydrogens (tertiary/aromatic N) is 1. The first-order valence-electron chi connectivity index (χ1n) is 6.49. The Labute approximate surface area is 98.4 Å². The van der Waals surface area contributed by atoms with Gasteiger partial charge in [-0.2, -0.15) is 0 Å². The van der Waals surface area contributed by atoms with Crippen LogP contribution in [0, 0.1) is 10.8 Å². The van der Waals surface area contributed by atoms with Crippen LogP contribution in [0.4, 0.5) is 0 Å². The predicted octanol–water partition coefficient (Wildman–Crippen LogP) is 1.76. The Bertz CT molecular complexity index is 282. The van der Waals surface area contributed by atoms with E-state index < -0.39 is 0 Å². The Morgan fingerprint density at radius 2 is 1.88 bits per heavy atom. The van der Waals surface area contributed by atoms with Crippen LogP contribution in [-0.4, -0.2) is 30.4 Å². The molecule has 0 radical (unpaired) electrons. The van der Waals surface area contributed by atoms with Gasteiger partial charge in [0.25, 0.3) is 0 Å². The molecule has 0 aromatic carbocycles. The van der Waals surface area contributed by atoms with Crippen molar-refractivity contribution in [1.82, 2.24) is 4.90 Å². The van der Waals surface area contributed by atoms with Crippen molar-refractivity contribution < 1.29 is 4.79 Å². The van der Waals surface area contributed by atoms with Gasteiger partial charge in [-0.3, -0.25) is 4.79 Å². The molecule has 2 rings (SSSR count). The van der Waals surface area contributed by atoms with E-state index in [9.17, 15) is 4.79 Å². The molecule has 0 bridgehead atoms. The monoisotopic (exact) mass is 224 g/mol. The predicted molar refractivity (Wildman–Crippen MR) is 64.9 cm³/mol. The van der Waals surface area contributed by atoms with Crippen molar-refractivity contribution in [3.05, 3.63) is 0 Å². The summed E-state index contributed by atoms with van der Waals surface area (Å²) in [6.07, 6.45) is 5.50. The summed E-state index contributed by atoms with van der Waals surface area (Å²) in [5, 5.41) is 0. The molecule has 0 atom stereocenters. The zero-order valence-electron chi connectivity index (χ0n) is 10.6. The van der Waals surface area contributed by atoms with Crippen molar-refractivity contribution >= 4 is 5.91 Å². The van der Waals surface area contributed by atoms with Gasteiger partial charge in [0.2, 0.25) is 5.91 Å². The summed E-state index contributed by atoms with van der Waals surface area (Å²) < 4.78 is 0. The molecule has 1 amide bonds. The first-order chi connectivity index (χ1) is 7.49. The average Bonchev–Trinajstić information content (AvgIpc) is 3.02. The molecule has 1 saturated carbocycles. The fraction of sp³-hybridized carbons (Fsp3) is 0.923. The van der Waals surface area contributed by atoms with Gasteiger partial charge in [-0.05, 0) is 37.5 Å². The van der Waals surface area contributed by atoms with E-state index in [0.29, 0.717) is 17.9 Å². The number of carbonyl (C=O) groups excluding carboxylic acids is 1. The molecule has 92 valence electrons. The van der Waals surface area contributed by atoms with Crippen LogP contribution in [0.3, 0.4) is 0 Å². The van der Waals surface area contributed by atoms with Crippen molar-refractivity contribution in [2.24, 2.45) is 16.6 Å². The lowest BCUT2D eigenvalue weighted by molar-refractivity contribution is -0.136. The molecule has 1 saturated heterocycles. The fourth-order valence-corrected chi connectivity index (χ4v) is 2.62. The van der Waals surface area contributed by atoms with E-state index >= 15 is 0 Å². The molecule has 2 aliphatic rings. The third-order valence-electron chi connectivity index (χ3n) is 4.33. The maximum atomic E-state index is 12.3. The van der Waals surface area contributed by atoms with Gasteiger partial charge in [-0.1, -0.05) is 13.8 Å². The molecule has 3 nitrogen and oxygen atoms in total. The molecule has 2 fully saturated rings. The summed E-state index contributed by atoms with van der Waals surface area (Å²) in [4.78, 5) is 14.4. The summed E-state index contributed by atoms with van der Waals surface area (Å²) in [5.41, 5.74) is 5.96. The van der Waals surface area contributed by atoms with Crippen LogP contribution in [0.5, 0.6) is 0 Å². The summed E-state index contributed by atoms with van der Waals surface area (Å²) in [7, 11) is 0. The van der Waals surface area contributed by atoms with Crippen molar-refractivity contribution in [2.75, 3.05) is 19.6 Å². The lowest BCUT2D eigenvalue weighted by Crippen LogP contribution is -2.41. The highest BCUT2D eigenvalue weighted by atomic mass is 16.2. The lowest BCUT2D eigenvalue weighted by atomic mass is 9.85. The molecule has 1 aliphatic carbocycles. The third kappa shape index (κ3) is 2.24. The van der Waals surface area contributed by atoms with Crippen LogP contribution in [0.25, 0.3) is 0 Å². The zero-order valence-corrected chi connectivity index (χ0v) is 10.6. The minimum absolute atomic E-state index is 0.158. The smallest absolute Gasteiger partial charge is 0.230 e. The first kappa shape index (κ1) is 11.9. The molecule has 0 unspecified atom stereocenters. The molecule has 16 heavy (non-hydrogen) atoms. The Morgan fingerprint density at radius 1 is 1.19 bits per heavy atom. The van der Waals surface area contributed by atoms with Crippen LogP contribution in [0.15, 0.2) is 0 Å². The van der Waals surface area contributed by atoms with Gasteiger partial charge in [0.15, 0.2) is 0 Å². The number of nitrogens with two attached hydrogens (primary N) is 1. The van der Waals surface area contributed by atoms with Crippen LogP contribution >= 0.6 is 0 Å². The molecular formula is C13H24N2O. The van der Waals surface area contributed by atoms with Crippen LogP contribution < -0.4 is 5.73 Å². The van der Waals surface area contributed by atoms with E-state index in [-0.39, 0.29) is 5.41 Å². The van der Waals surface area contributed by atoms with Crippen molar-refractivity contribution in [3.63, 3.8) is 0 Å². The maximum absolute atomic E-state index is 12.3. The van der Waals surface area contributed by atoms with Crippen LogP contribution in [0.1, 0.15) is 46.0 Å². The maximum Gasteiger partial charge on any atom is 0.230 e. The van der Waals surface area contributed by atoms with Crippen LogP contribution in [-0.2, 0) is 4.79 Å². The topological polar surface area (TPSA) is 46.3 Å². The van der Waals surface area contributed by atoms with Gasteiger partial charge in [0.1, 0.15) is 0 Å². The number of rotatable bonds is 2. The van der Waals surface area contributed by atoms with Gasteiger partial charge in [0, 0.05) is 19.6 Å². The first-order valence-corrected chi connectivity index (χ1v) is 6.49. The fourth-order valence-electron chi connectivity index (χ4n) is 2.62. The molecular weight excluding hydrogens is 200 g/mol. The second-order valence-corrected chi connectivity index (χ2v) is 6.29. The number of amides is 1. The molecule has 0 spiro atoms. The Kier molecular flexibility index (Phi) is 2.99. The van der Waals surface area contributed by atoms with Gasteiger partial charge in [-0.15, -0.1) is 0 Å². The Hall–Kier alpha value is -0.570. The quantitative estimate of drug-likeness (QED) is 0.777. The Morgan fingerprint density at radius 3 is 2.44 bits per heavy atom. The average molecular weight is 224 g/mol. The van der Waals surface area contributed by atoms with Crippen molar-refractivity contribution in [1.29, 1.82) is 0 Å². The van der Waals surface area contributed by atoms with Gasteiger partial charge >= 0.3 is 0 Å². The highest BCUT2D eigenvalue weighted by Crippen LogP contribution is 2.46. The van der Waals surface area contributed by atoms with E-state index in [4.69, 9.17) is 5.73 Å². The minimum atomic E-state index is -0.158. The molecule has 1 aliphatic heterocycles. The van der Waals surface area contributed by atoms with Gasteiger partial charge < -0.3 is 10.6 Å². The second kappa shape index (κ2) is 4.02. The summed E-state index contributed by atoms with van der Waals surface area (Å²) in [6, 6.07) is 0. The number of carbonyl (C=O) groups is 1. The lowest BCUT2D eigenvalue weighted by Gasteiger charge is -2.26. The number of hydrogen-bond donors (Lipinski definition) is 1. The number of likely N-dealkylation sites (tertiary alicyclic amines) is 1. The second-order valence-electron chi connectivity index (χ2n) is 6.29.